The molecule has 1 fully saturated rings. The Bertz CT molecular complexity index is 161. The fraction of sp³-hybridized carbons (Fsp3) is 0.800. The quantitative estimate of drug-likeness (QED) is 0.382. The van der Waals surface area contributed by atoms with Crippen molar-refractivity contribution in [2.45, 2.75) is 45.1 Å². The smallest absolute Gasteiger partial charge is 0.290 e. The zero-order valence-corrected chi connectivity index (χ0v) is 11.2. The Morgan fingerprint density at radius 2 is 1.87 bits per heavy atom. The maximum atomic E-state index is 10.0. The van der Waals surface area contributed by atoms with Crippen LogP contribution < -0.4 is 5.32 Å². The predicted molar refractivity (Wildman–Crippen MR) is 53.6 cm³/mol. The van der Waals surface area contributed by atoms with E-state index < -0.39 is 0 Å². The van der Waals surface area contributed by atoms with Crippen molar-refractivity contribution >= 4 is 12.9 Å². The third kappa shape index (κ3) is 7.05. The first-order chi connectivity index (χ1) is 6.76. The molecule has 0 radical (unpaired) electrons. The van der Waals surface area contributed by atoms with Gasteiger partial charge in [0.2, 0.25) is 0 Å². The molecule has 0 aromatic carbocycles. The molecule has 0 aliphatic heterocycles. The Kier molecular flexibility index (Phi) is 10.3. The van der Waals surface area contributed by atoms with E-state index in [1.807, 2.05) is 0 Å². The summed E-state index contributed by atoms with van der Waals surface area (Å²) < 4.78 is 0. The Labute approximate surface area is 84.7 Å². The van der Waals surface area contributed by atoms with Gasteiger partial charge < -0.3 is 15.2 Å². The normalized spacial score (nSPS) is 17.4. The molecule has 1 rings (SSSR count). The van der Waals surface area contributed by atoms with Gasteiger partial charge in [-0.3, -0.25) is 4.79 Å². The zero-order chi connectivity index (χ0) is 10.8. The fourth-order valence-corrected chi connectivity index (χ4v) is 1.84. The maximum Gasteiger partial charge on any atom is 0.290 e. The summed E-state index contributed by atoms with van der Waals surface area (Å²) in [6.45, 7) is 1.82. The van der Waals surface area contributed by atoms with Crippen LogP contribution in [0.25, 0.3) is 0 Å². The second kappa shape index (κ2) is 10.0. The van der Waals surface area contributed by atoms with Gasteiger partial charge in [-0.1, -0.05) is 19.3 Å². The van der Waals surface area contributed by atoms with Gasteiger partial charge in [-0.05, 0) is 31.7 Å². The van der Waals surface area contributed by atoms with Gasteiger partial charge in [-0.15, -0.1) is 0 Å². The molecule has 15 heavy (non-hydrogen) atoms. The number of nitrogens with one attached hydrogen (secondary N) is 1. The van der Waals surface area contributed by atoms with Crippen LogP contribution in [-0.2, 0) is 9.59 Å². The maximum absolute atomic E-state index is 10.0. The molecule has 1 atom stereocenters. The topological polar surface area (TPSA) is 66.4 Å². The van der Waals surface area contributed by atoms with Crippen molar-refractivity contribution < 1.29 is 14.7 Å². The van der Waals surface area contributed by atoms with E-state index in [0.29, 0.717) is 12.0 Å². The van der Waals surface area contributed by atoms with Crippen molar-refractivity contribution in [2.24, 2.45) is 5.92 Å². The molecule has 0 spiro atoms. The van der Waals surface area contributed by atoms with Crippen molar-refractivity contribution in [1.29, 1.82) is 0 Å². The van der Waals surface area contributed by atoms with Crippen molar-refractivity contribution in [3.63, 3.8) is 0 Å². The largest absolute Gasteiger partial charge is 0.527 e. The molecular weight excluding hydrogens is 439 g/mol. The molecule has 1 unspecified atom stereocenters. The van der Waals surface area contributed by atoms with Crippen LogP contribution in [0.1, 0.15) is 39.0 Å². The molecule has 0 aromatic rings. The van der Waals surface area contributed by atoms with E-state index in [1.54, 1.807) is 6.41 Å². The van der Waals surface area contributed by atoms with E-state index in [1.165, 1.54) is 32.1 Å². The number of hydrogen-bond donors (Lipinski definition) is 2. The standard InChI is InChI=1S/C9H16NO.CH2O2.Fm/c1-8(10-7-11)9-5-3-2-4-6-9;2-1-3;/h8-9H,2-6H2,1H3,(H,10,11);1H,(H,2,3);/q-1;;. The summed E-state index contributed by atoms with van der Waals surface area (Å²) in [6.07, 6.45) is 8.34. The van der Waals surface area contributed by atoms with Gasteiger partial charge in [0.15, 0.2) is 0 Å². The molecule has 0 heterocycles. The number of carbonyl (C=O) groups excluding carboxylic acids is 1. The van der Waals surface area contributed by atoms with Crippen LogP contribution in [0.3, 0.4) is 0 Å². The van der Waals surface area contributed by atoms with Crippen molar-refractivity contribution in [3.8, 4) is 0 Å². The van der Waals surface area contributed by atoms with Gasteiger partial charge in [0.05, 0.1) is 0 Å². The first-order valence-corrected chi connectivity index (χ1v) is 4.96. The van der Waals surface area contributed by atoms with E-state index in [2.05, 4.69) is 12.2 Å². The van der Waals surface area contributed by atoms with Crippen molar-refractivity contribution in [3.05, 3.63) is 0 Å². The molecular formula is C10H18FmNO3-. The molecule has 1 aliphatic carbocycles. The molecule has 0 aromatic heterocycles. The third-order valence-electron chi connectivity index (χ3n) is 2.64. The van der Waals surface area contributed by atoms with E-state index in [-0.39, 0.29) is 6.47 Å². The molecule has 94 valence electrons. The van der Waals surface area contributed by atoms with Crippen LogP contribution in [0.4, 0.5) is 0 Å². The first-order valence-electron chi connectivity index (χ1n) is 4.96. The summed E-state index contributed by atoms with van der Waals surface area (Å²) in [6, 6.07) is 0.327. The minimum Gasteiger partial charge on any atom is -0.527 e. The molecule has 1 saturated carbocycles. The summed E-state index contributed by atoms with van der Waals surface area (Å²) in [5.74, 6) is 0.699. The average molecular weight is 457 g/mol. The first kappa shape index (κ1) is 15.4. The van der Waals surface area contributed by atoms with Crippen LogP contribution >= 0.6 is 0 Å². The molecule has 5 heteroatoms. The Hall–Kier alpha value is -2.06. The van der Waals surface area contributed by atoms with E-state index in [4.69, 9.17) is 9.90 Å². The van der Waals surface area contributed by atoms with E-state index in [9.17, 15) is 4.79 Å². The number of carbonyl (C=O) groups is 1. The molecule has 0 bridgehead atoms. The van der Waals surface area contributed by atoms with Crippen LogP contribution in [0.2, 0.25) is 0 Å². The van der Waals surface area contributed by atoms with Gasteiger partial charge in [0, 0.05) is 0 Å². The van der Waals surface area contributed by atoms with Gasteiger partial charge in [-0.2, -0.15) is 6.41 Å². The summed E-state index contributed by atoms with van der Waals surface area (Å²) in [5.41, 5.74) is 0. The Morgan fingerprint density at radius 3 is 2.27 bits per heavy atom. The molecule has 1 aliphatic rings. The van der Waals surface area contributed by atoms with Gasteiger partial charge >= 0.3 is 0 Å². The van der Waals surface area contributed by atoms with Crippen LogP contribution in [-0.4, -0.2) is 24.0 Å². The SMILES string of the molecule is CC(N[C-]=O)C1CCCCC1.O=CO.[Fm]. The fourth-order valence-electron chi connectivity index (χ4n) is 1.84. The Balaban J connectivity index is 0. The summed E-state index contributed by atoms with van der Waals surface area (Å²) in [7, 11) is 0. The number of rotatable bonds is 3. The van der Waals surface area contributed by atoms with Gasteiger partial charge in [0.1, 0.15) is 0 Å². The molecule has 2 N–H and O–H groups in total. The summed E-state index contributed by atoms with van der Waals surface area (Å²) in [4.78, 5) is 18.4. The monoisotopic (exact) mass is 457 g/mol. The average Bonchev–Trinajstić information content (AvgIpc) is 2.21. The molecule has 1 amide bonds. The van der Waals surface area contributed by atoms with Crippen LogP contribution in [0, 0.1) is 5.92 Å². The van der Waals surface area contributed by atoms with Crippen LogP contribution in [0.5, 0.6) is 0 Å². The number of carboxylic acid groups (broad SMARTS) is 1. The van der Waals surface area contributed by atoms with Gasteiger partial charge in [0.25, 0.3) is 6.47 Å². The second-order valence-corrected chi connectivity index (χ2v) is 3.54. The second-order valence-electron chi connectivity index (χ2n) is 3.54. The minimum absolute atomic E-state index is 0. The zero-order valence-electron chi connectivity index (χ0n) is 8.82. The van der Waals surface area contributed by atoms with Crippen LogP contribution in [0.15, 0.2) is 0 Å². The number of amides is 1. The summed E-state index contributed by atoms with van der Waals surface area (Å²) in [5, 5.41) is 9.60. The van der Waals surface area contributed by atoms with Gasteiger partial charge in [-0.25, -0.2) is 0 Å². The Morgan fingerprint density at radius 1 is 1.40 bits per heavy atom. The third-order valence-corrected chi connectivity index (χ3v) is 2.64. The predicted octanol–water partition coefficient (Wildman–Crippen LogP) is 1.31. The van der Waals surface area contributed by atoms with Crippen molar-refractivity contribution in [2.75, 3.05) is 0 Å². The van der Waals surface area contributed by atoms with E-state index >= 15 is 0 Å². The molecule has 4 nitrogen and oxygen atoms in total. The van der Waals surface area contributed by atoms with Crippen molar-refractivity contribution in [1.82, 2.24) is 5.32 Å². The number of hydrogen-bond acceptors (Lipinski definition) is 2. The minimum atomic E-state index is -0.250. The molecule has 0 saturated heterocycles. The summed E-state index contributed by atoms with van der Waals surface area (Å²) >= 11 is 0. The van der Waals surface area contributed by atoms with E-state index in [0.717, 1.165) is 0 Å².